The standard InChI is InChI=1S/C8H13NO3S/c1-4-5-13(10,11)7-6-8(2,3)12-9-7/h4H,1,5-6H2,2-3H3. The Morgan fingerprint density at radius 1 is 1.69 bits per heavy atom. The highest BCUT2D eigenvalue weighted by atomic mass is 32.2. The van der Waals surface area contributed by atoms with E-state index in [9.17, 15) is 8.42 Å². The Morgan fingerprint density at radius 2 is 2.31 bits per heavy atom. The molecule has 0 saturated heterocycles. The summed E-state index contributed by atoms with van der Waals surface area (Å²) in [5, 5.41) is 3.68. The summed E-state index contributed by atoms with van der Waals surface area (Å²) in [7, 11) is -3.27. The summed E-state index contributed by atoms with van der Waals surface area (Å²) in [5.41, 5.74) is -0.496. The van der Waals surface area contributed by atoms with Crippen LogP contribution in [0.15, 0.2) is 17.8 Å². The first kappa shape index (κ1) is 10.2. The maximum atomic E-state index is 11.4. The third kappa shape index (κ3) is 2.30. The van der Waals surface area contributed by atoms with Crippen molar-refractivity contribution in [3.05, 3.63) is 12.7 Å². The van der Waals surface area contributed by atoms with Crippen molar-refractivity contribution in [3.8, 4) is 0 Å². The second-order valence-corrected chi connectivity index (χ2v) is 5.62. The fourth-order valence-corrected chi connectivity index (χ4v) is 2.24. The lowest BCUT2D eigenvalue weighted by Gasteiger charge is -2.12. The first-order valence-corrected chi connectivity index (χ1v) is 5.61. The smallest absolute Gasteiger partial charge is 0.198 e. The van der Waals surface area contributed by atoms with Gasteiger partial charge in [0, 0.05) is 6.42 Å². The molecule has 0 N–H and O–H groups in total. The Bertz CT molecular complexity index is 340. The van der Waals surface area contributed by atoms with E-state index >= 15 is 0 Å². The molecule has 0 atom stereocenters. The molecule has 13 heavy (non-hydrogen) atoms. The largest absolute Gasteiger partial charge is 0.389 e. The fraction of sp³-hybridized carbons (Fsp3) is 0.625. The van der Waals surface area contributed by atoms with Gasteiger partial charge >= 0.3 is 0 Å². The monoisotopic (exact) mass is 203 g/mol. The van der Waals surface area contributed by atoms with Gasteiger partial charge in [-0.1, -0.05) is 11.2 Å². The van der Waals surface area contributed by atoms with Gasteiger partial charge in [0.25, 0.3) is 0 Å². The summed E-state index contributed by atoms with van der Waals surface area (Å²) in [4.78, 5) is 4.96. The minimum atomic E-state index is -3.27. The molecule has 1 aliphatic rings. The summed E-state index contributed by atoms with van der Waals surface area (Å²) in [5.74, 6) is -0.0781. The highest BCUT2D eigenvalue weighted by Crippen LogP contribution is 2.24. The van der Waals surface area contributed by atoms with E-state index in [0.717, 1.165) is 0 Å². The van der Waals surface area contributed by atoms with Crippen LogP contribution in [0, 0.1) is 0 Å². The van der Waals surface area contributed by atoms with Crippen molar-refractivity contribution < 1.29 is 13.3 Å². The van der Waals surface area contributed by atoms with E-state index in [1.54, 1.807) is 13.8 Å². The molecule has 0 spiro atoms. The number of hydrogen-bond acceptors (Lipinski definition) is 4. The average Bonchev–Trinajstić information content (AvgIpc) is 2.30. The predicted molar refractivity (Wildman–Crippen MR) is 51.2 cm³/mol. The van der Waals surface area contributed by atoms with E-state index in [1.807, 2.05) is 0 Å². The minimum absolute atomic E-state index is 0.0781. The first-order valence-electron chi connectivity index (χ1n) is 3.96. The SMILES string of the molecule is C=CCS(=O)(=O)C1=NOC(C)(C)C1. The zero-order valence-electron chi connectivity index (χ0n) is 7.78. The van der Waals surface area contributed by atoms with Crippen LogP contribution in [0.5, 0.6) is 0 Å². The zero-order chi connectivity index (χ0) is 10.1. The van der Waals surface area contributed by atoms with Crippen LogP contribution in [0.4, 0.5) is 0 Å². The molecule has 74 valence electrons. The molecule has 0 aliphatic carbocycles. The average molecular weight is 203 g/mol. The Morgan fingerprint density at radius 3 is 2.69 bits per heavy atom. The maximum Gasteiger partial charge on any atom is 0.198 e. The van der Waals surface area contributed by atoms with Gasteiger partial charge in [-0.3, -0.25) is 0 Å². The highest BCUT2D eigenvalue weighted by Gasteiger charge is 2.35. The molecule has 0 radical (unpaired) electrons. The second kappa shape index (κ2) is 3.14. The molecule has 0 unspecified atom stereocenters. The van der Waals surface area contributed by atoms with Gasteiger partial charge in [0.15, 0.2) is 14.9 Å². The molecule has 4 nitrogen and oxygen atoms in total. The van der Waals surface area contributed by atoms with Crippen LogP contribution in [0.1, 0.15) is 20.3 Å². The molecule has 0 amide bonds. The molecule has 1 rings (SSSR count). The van der Waals surface area contributed by atoms with Crippen molar-refractivity contribution in [1.29, 1.82) is 0 Å². The summed E-state index contributed by atoms with van der Waals surface area (Å²) >= 11 is 0. The Labute approximate surface area is 78.2 Å². The molecule has 5 heteroatoms. The van der Waals surface area contributed by atoms with Gasteiger partial charge in [-0.25, -0.2) is 8.42 Å². The molecule has 0 fully saturated rings. The van der Waals surface area contributed by atoms with E-state index in [-0.39, 0.29) is 10.8 Å². The highest BCUT2D eigenvalue weighted by molar-refractivity contribution is 8.06. The van der Waals surface area contributed by atoms with Gasteiger partial charge < -0.3 is 4.84 Å². The van der Waals surface area contributed by atoms with Gasteiger partial charge in [0.2, 0.25) is 0 Å². The number of nitrogens with zero attached hydrogens (tertiary/aromatic N) is 1. The molecule has 0 saturated carbocycles. The molecule has 0 bridgehead atoms. The predicted octanol–water partition coefficient (Wildman–Crippen LogP) is 1.10. The lowest BCUT2D eigenvalue weighted by molar-refractivity contribution is 0.0123. The van der Waals surface area contributed by atoms with Crippen LogP contribution < -0.4 is 0 Å². The zero-order valence-corrected chi connectivity index (χ0v) is 8.60. The van der Waals surface area contributed by atoms with E-state index in [2.05, 4.69) is 11.7 Å². The molecule has 0 aromatic heterocycles. The van der Waals surface area contributed by atoms with Gasteiger partial charge in [-0.15, -0.1) is 6.58 Å². The number of sulfone groups is 1. The van der Waals surface area contributed by atoms with Crippen molar-refractivity contribution >= 4 is 14.9 Å². The Balaban J connectivity index is 2.82. The van der Waals surface area contributed by atoms with E-state index < -0.39 is 15.4 Å². The normalized spacial score (nSPS) is 20.6. The second-order valence-electron chi connectivity index (χ2n) is 3.58. The third-order valence-electron chi connectivity index (χ3n) is 1.67. The Kier molecular flexibility index (Phi) is 2.47. The quantitative estimate of drug-likeness (QED) is 0.631. The molecular formula is C8H13NO3S. The number of rotatable bonds is 2. The number of oxime groups is 1. The van der Waals surface area contributed by atoms with E-state index in [1.165, 1.54) is 6.08 Å². The fourth-order valence-electron chi connectivity index (χ4n) is 1.02. The topological polar surface area (TPSA) is 55.7 Å². The lowest BCUT2D eigenvalue weighted by atomic mass is 10.1. The summed E-state index contributed by atoms with van der Waals surface area (Å²) in [6.07, 6.45) is 1.69. The van der Waals surface area contributed by atoms with Crippen LogP contribution in [0.3, 0.4) is 0 Å². The first-order chi connectivity index (χ1) is 5.87. The van der Waals surface area contributed by atoms with Crippen LogP contribution in [0.25, 0.3) is 0 Å². The van der Waals surface area contributed by atoms with Crippen molar-refractivity contribution in [2.45, 2.75) is 25.9 Å². The lowest BCUT2D eigenvalue weighted by Crippen LogP contribution is -2.23. The molecule has 0 aromatic rings. The van der Waals surface area contributed by atoms with Crippen LogP contribution >= 0.6 is 0 Å². The van der Waals surface area contributed by atoms with Crippen molar-refractivity contribution in [2.75, 3.05) is 5.75 Å². The summed E-state index contributed by atoms with van der Waals surface area (Å²) in [6.45, 7) is 6.98. The van der Waals surface area contributed by atoms with E-state index in [4.69, 9.17) is 4.84 Å². The number of hydrogen-bond donors (Lipinski definition) is 0. The molecular weight excluding hydrogens is 190 g/mol. The minimum Gasteiger partial charge on any atom is -0.389 e. The van der Waals surface area contributed by atoms with E-state index in [0.29, 0.717) is 6.42 Å². The van der Waals surface area contributed by atoms with Crippen molar-refractivity contribution in [2.24, 2.45) is 5.16 Å². The van der Waals surface area contributed by atoms with Gasteiger partial charge in [-0.2, -0.15) is 0 Å². The van der Waals surface area contributed by atoms with Crippen molar-refractivity contribution in [1.82, 2.24) is 0 Å². The molecule has 1 aliphatic heterocycles. The Hall–Kier alpha value is -0.840. The van der Waals surface area contributed by atoms with Crippen molar-refractivity contribution in [3.63, 3.8) is 0 Å². The van der Waals surface area contributed by atoms with Crippen LogP contribution in [-0.2, 0) is 14.7 Å². The van der Waals surface area contributed by atoms with Crippen LogP contribution in [-0.4, -0.2) is 24.8 Å². The van der Waals surface area contributed by atoms with Gasteiger partial charge in [0.05, 0.1) is 5.75 Å². The van der Waals surface area contributed by atoms with Crippen LogP contribution in [0.2, 0.25) is 0 Å². The summed E-state index contributed by atoms with van der Waals surface area (Å²) in [6, 6.07) is 0. The maximum absolute atomic E-state index is 11.4. The van der Waals surface area contributed by atoms with Gasteiger partial charge in [-0.05, 0) is 13.8 Å². The molecule has 1 heterocycles. The third-order valence-corrected chi connectivity index (χ3v) is 3.28. The summed E-state index contributed by atoms with van der Waals surface area (Å²) < 4.78 is 22.9. The molecule has 0 aromatic carbocycles. The van der Waals surface area contributed by atoms with Gasteiger partial charge in [0.1, 0.15) is 5.60 Å².